The Labute approximate surface area is 182 Å². The highest BCUT2D eigenvalue weighted by atomic mass is 16.5. The van der Waals surface area contributed by atoms with Gasteiger partial charge in [-0.25, -0.2) is 0 Å². The lowest BCUT2D eigenvalue weighted by atomic mass is 10.2. The molecule has 0 saturated carbocycles. The van der Waals surface area contributed by atoms with E-state index in [-0.39, 0.29) is 11.8 Å². The van der Waals surface area contributed by atoms with E-state index in [4.69, 9.17) is 9.47 Å². The van der Waals surface area contributed by atoms with Crippen molar-refractivity contribution in [3.8, 4) is 11.5 Å². The van der Waals surface area contributed by atoms with Crippen molar-refractivity contribution in [2.24, 2.45) is 0 Å². The maximum Gasteiger partial charge on any atom is 0.255 e. The van der Waals surface area contributed by atoms with E-state index in [1.807, 2.05) is 31.2 Å². The van der Waals surface area contributed by atoms with Crippen LogP contribution in [-0.4, -0.2) is 25.5 Å². The van der Waals surface area contributed by atoms with E-state index in [1.54, 1.807) is 55.6 Å². The van der Waals surface area contributed by atoms with Gasteiger partial charge in [-0.1, -0.05) is 12.1 Å². The van der Waals surface area contributed by atoms with Crippen LogP contribution in [-0.2, 0) is 4.79 Å². The third kappa shape index (κ3) is 6.89. The molecule has 0 atom stereocenters. The van der Waals surface area contributed by atoms with Crippen molar-refractivity contribution < 1.29 is 19.1 Å². The third-order valence-corrected chi connectivity index (χ3v) is 4.59. The summed E-state index contributed by atoms with van der Waals surface area (Å²) >= 11 is 0. The molecule has 160 valence electrons. The summed E-state index contributed by atoms with van der Waals surface area (Å²) in [7, 11) is 1.59. The van der Waals surface area contributed by atoms with Crippen molar-refractivity contribution in [3.05, 3.63) is 83.9 Å². The average Bonchev–Trinajstić information content (AvgIpc) is 2.78. The number of hydrogen-bond donors (Lipinski definition) is 2. The molecule has 0 radical (unpaired) electrons. The monoisotopic (exact) mass is 418 g/mol. The van der Waals surface area contributed by atoms with Gasteiger partial charge in [0, 0.05) is 23.4 Å². The summed E-state index contributed by atoms with van der Waals surface area (Å²) in [6, 6.07) is 21.7. The van der Waals surface area contributed by atoms with Gasteiger partial charge in [-0.3, -0.25) is 9.59 Å². The predicted molar refractivity (Wildman–Crippen MR) is 122 cm³/mol. The van der Waals surface area contributed by atoms with Crippen molar-refractivity contribution in [3.63, 3.8) is 0 Å². The molecule has 0 aliphatic rings. The van der Waals surface area contributed by atoms with Crippen molar-refractivity contribution in [1.82, 2.24) is 0 Å². The number of nitrogens with one attached hydrogen (secondary N) is 2. The Morgan fingerprint density at radius 2 is 1.52 bits per heavy atom. The van der Waals surface area contributed by atoms with Crippen LogP contribution in [0.1, 0.15) is 28.8 Å². The highest BCUT2D eigenvalue weighted by Gasteiger charge is 2.08. The van der Waals surface area contributed by atoms with Gasteiger partial charge in [0.25, 0.3) is 5.91 Å². The summed E-state index contributed by atoms with van der Waals surface area (Å²) in [6.45, 7) is 2.48. The smallest absolute Gasteiger partial charge is 0.255 e. The molecule has 6 nitrogen and oxygen atoms in total. The highest BCUT2D eigenvalue weighted by Crippen LogP contribution is 2.17. The molecule has 3 aromatic rings. The fourth-order valence-corrected chi connectivity index (χ4v) is 2.93. The number of carbonyl (C=O) groups excluding carboxylic acids is 2. The minimum atomic E-state index is -0.226. The largest absolute Gasteiger partial charge is 0.497 e. The van der Waals surface area contributed by atoms with Crippen molar-refractivity contribution in [1.29, 1.82) is 0 Å². The summed E-state index contributed by atoms with van der Waals surface area (Å²) in [4.78, 5) is 24.5. The molecular weight excluding hydrogens is 392 g/mol. The van der Waals surface area contributed by atoms with Crippen LogP contribution in [0.3, 0.4) is 0 Å². The second-order valence-electron chi connectivity index (χ2n) is 7.08. The number of anilines is 2. The van der Waals surface area contributed by atoms with E-state index < -0.39 is 0 Å². The number of amides is 2. The number of benzene rings is 3. The number of ether oxygens (including phenoxy) is 2. The fourth-order valence-electron chi connectivity index (χ4n) is 2.93. The molecule has 0 bridgehead atoms. The van der Waals surface area contributed by atoms with Gasteiger partial charge < -0.3 is 20.1 Å². The summed E-state index contributed by atoms with van der Waals surface area (Å²) in [5.41, 5.74) is 2.96. The van der Waals surface area contributed by atoms with E-state index in [9.17, 15) is 9.59 Å². The fraction of sp³-hybridized carbons (Fsp3) is 0.200. The molecule has 6 heteroatoms. The van der Waals surface area contributed by atoms with Gasteiger partial charge in [-0.15, -0.1) is 0 Å². The van der Waals surface area contributed by atoms with Gasteiger partial charge in [0.15, 0.2) is 0 Å². The molecule has 0 spiro atoms. The van der Waals surface area contributed by atoms with Crippen molar-refractivity contribution in [2.75, 3.05) is 24.4 Å². The molecule has 0 heterocycles. The normalized spacial score (nSPS) is 10.3. The van der Waals surface area contributed by atoms with E-state index >= 15 is 0 Å². The van der Waals surface area contributed by atoms with Gasteiger partial charge in [-0.05, 0) is 79.6 Å². The predicted octanol–water partition coefficient (Wildman–Crippen LogP) is 5.05. The third-order valence-electron chi connectivity index (χ3n) is 4.59. The molecule has 0 saturated heterocycles. The number of methoxy groups -OCH3 is 1. The number of carbonyl (C=O) groups is 2. The van der Waals surface area contributed by atoms with Gasteiger partial charge >= 0.3 is 0 Å². The number of aryl methyl sites for hydroxylation is 1. The molecule has 0 aliphatic heterocycles. The first-order valence-corrected chi connectivity index (χ1v) is 10.1. The second-order valence-corrected chi connectivity index (χ2v) is 7.08. The lowest BCUT2D eigenvalue weighted by Gasteiger charge is -2.09. The molecule has 3 rings (SSSR count). The average molecular weight is 418 g/mol. The Hall–Kier alpha value is -3.80. The van der Waals surface area contributed by atoms with Crippen LogP contribution < -0.4 is 20.1 Å². The zero-order chi connectivity index (χ0) is 22.1. The van der Waals surface area contributed by atoms with Gasteiger partial charge in [0.1, 0.15) is 11.5 Å². The van der Waals surface area contributed by atoms with E-state index in [0.717, 1.165) is 17.1 Å². The minimum Gasteiger partial charge on any atom is -0.497 e. The van der Waals surface area contributed by atoms with E-state index in [0.29, 0.717) is 36.4 Å². The van der Waals surface area contributed by atoms with Crippen LogP contribution in [0.4, 0.5) is 11.4 Å². The summed E-state index contributed by atoms with van der Waals surface area (Å²) < 4.78 is 10.8. The number of rotatable bonds is 9. The summed E-state index contributed by atoms with van der Waals surface area (Å²) in [5.74, 6) is 1.21. The van der Waals surface area contributed by atoms with Crippen LogP contribution >= 0.6 is 0 Å². The Kier molecular flexibility index (Phi) is 7.65. The van der Waals surface area contributed by atoms with Crippen LogP contribution in [0.15, 0.2) is 72.8 Å². The molecule has 3 aromatic carbocycles. The van der Waals surface area contributed by atoms with E-state index in [2.05, 4.69) is 10.6 Å². The second kappa shape index (κ2) is 10.8. The molecule has 0 aliphatic carbocycles. The van der Waals surface area contributed by atoms with Crippen LogP contribution in [0.25, 0.3) is 0 Å². The Balaban J connectivity index is 1.42. The van der Waals surface area contributed by atoms with E-state index in [1.165, 1.54) is 0 Å². The van der Waals surface area contributed by atoms with Crippen LogP contribution in [0.2, 0.25) is 0 Å². The molecule has 2 N–H and O–H groups in total. The van der Waals surface area contributed by atoms with Crippen molar-refractivity contribution in [2.45, 2.75) is 19.8 Å². The Bertz CT molecular complexity index is 1010. The van der Waals surface area contributed by atoms with Gasteiger partial charge in [0.2, 0.25) is 5.91 Å². The van der Waals surface area contributed by atoms with Crippen LogP contribution in [0, 0.1) is 6.92 Å². The topological polar surface area (TPSA) is 76.7 Å². The SMILES string of the molecule is COc1ccc(NC(=O)c2ccc(NC(=O)CCCOc3cccc(C)c3)cc2)cc1. The Morgan fingerprint density at radius 3 is 2.19 bits per heavy atom. The molecule has 0 fully saturated rings. The first-order valence-electron chi connectivity index (χ1n) is 10.1. The Morgan fingerprint density at radius 1 is 0.839 bits per heavy atom. The summed E-state index contributed by atoms with van der Waals surface area (Å²) in [6.07, 6.45) is 0.966. The zero-order valence-electron chi connectivity index (χ0n) is 17.7. The van der Waals surface area contributed by atoms with Gasteiger partial charge in [0.05, 0.1) is 13.7 Å². The lowest BCUT2D eigenvalue weighted by Crippen LogP contribution is -2.14. The summed E-state index contributed by atoms with van der Waals surface area (Å²) in [5, 5.41) is 5.66. The quantitative estimate of drug-likeness (QED) is 0.477. The van der Waals surface area contributed by atoms with Gasteiger partial charge in [-0.2, -0.15) is 0 Å². The molecule has 0 unspecified atom stereocenters. The minimum absolute atomic E-state index is 0.0942. The van der Waals surface area contributed by atoms with Crippen molar-refractivity contribution >= 4 is 23.2 Å². The first kappa shape index (κ1) is 21.9. The zero-order valence-corrected chi connectivity index (χ0v) is 17.7. The molecule has 31 heavy (non-hydrogen) atoms. The first-order chi connectivity index (χ1) is 15.0. The molecule has 0 aromatic heterocycles. The lowest BCUT2D eigenvalue weighted by molar-refractivity contribution is -0.116. The maximum absolute atomic E-state index is 12.4. The van der Waals surface area contributed by atoms with Crippen LogP contribution in [0.5, 0.6) is 11.5 Å². The standard InChI is InChI=1S/C25H26N2O4/c1-18-5-3-6-23(17-18)31-16-4-7-24(28)26-20-10-8-19(9-11-20)25(29)27-21-12-14-22(30-2)15-13-21/h3,5-6,8-15,17H,4,7,16H2,1-2H3,(H,26,28)(H,27,29). The molecular formula is C25H26N2O4. The number of hydrogen-bond acceptors (Lipinski definition) is 4. The highest BCUT2D eigenvalue weighted by molar-refractivity contribution is 6.04. The maximum atomic E-state index is 12.4. The molecule has 2 amide bonds.